The van der Waals surface area contributed by atoms with Gasteiger partial charge >= 0.3 is 0 Å². The van der Waals surface area contributed by atoms with Gasteiger partial charge in [-0.15, -0.1) is 0 Å². The third kappa shape index (κ3) is 1.54. The van der Waals surface area contributed by atoms with Crippen molar-refractivity contribution in [2.24, 2.45) is 0 Å². The van der Waals surface area contributed by atoms with Crippen molar-refractivity contribution < 1.29 is 17.6 Å². The van der Waals surface area contributed by atoms with E-state index in [0.717, 1.165) is 0 Å². The van der Waals surface area contributed by atoms with Gasteiger partial charge in [-0.1, -0.05) is 19.7 Å². The van der Waals surface area contributed by atoms with E-state index in [-0.39, 0.29) is 12.0 Å². The minimum absolute atomic E-state index is 0.0306. The fraction of sp³-hybridized carbons (Fsp3) is 0.250. The summed E-state index contributed by atoms with van der Waals surface area (Å²) in [6.07, 6.45) is 0.0306. The summed E-state index contributed by atoms with van der Waals surface area (Å²) >= 11 is 3.49. The molecule has 0 saturated carbocycles. The summed E-state index contributed by atoms with van der Waals surface area (Å²) in [5.41, 5.74) is -0.733. The smallest absolute Gasteiger partial charge is 0.199 e. The third-order valence-corrected chi connectivity index (χ3v) is 2.05. The van der Waals surface area contributed by atoms with Crippen molar-refractivity contribution in [3.63, 3.8) is 0 Å². The second-order valence-corrected chi connectivity index (χ2v) is 2.80. The minimum Gasteiger partial charge on any atom is -0.329 e. The standard InChI is InChI=1S/C8H7F4NS/c1-2-3-4(9)5(10)6(11)7(12)8(3)13-14/h13-14H,2H2,1H3. The maximum atomic E-state index is 13.0. The average Bonchev–Trinajstić information content (AvgIpc) is 2.20. The van der Waals surface area contributed by atoms with Crippen LogP contribution >= 0.6 is 12.8 Å². The molecule has 0 bridgehead atoms. The Kier molecular flexibility index (Phi) is 3.25. The first-order valence-corrected chi connectivity index (χ1v) is 4.24. The second-order valence-electron chi connectivity index (χ2n) is 2.57. The lowest BCUT2D eigenvalue weighted by atomic mass is 10.1. The molecule has 1 aromatic rings. The zero-order chi connectivity index (χ0) is 10.9. The van der Waals surface area contributed by atoms with Crippen LogP contribution in [0.1, 0.15) is 12.5 Å². The number of thiol groups is 1. The van der Waals surface area contributed by atoms with Crippen molar-refractivity contribution in [2.45, 2.75) is 13.3 Å². The average molecular weight is 225 g/mol. The van der Waals surface area contributed by atoms with Crippen LogP contribution in [0.4, 0.5) is 23.2 Å². The van der Waals surface area contributed by atoms with Crippen LogP contribution in [0.15, 0.2) is 0 Å². The highest BCUT2D eigenvalue weighted by atomic mass is 32.1. The van der Waals surface area contributed by atoms with Gasteiger partial charge in [0.2, 0.25) is 0 Å². The van der Waals surface area contributed by atoms with Gasteiger partial charge in [0.05, 0.1) is 5.69 Å². The Hall–Kier alpha value is -0.910. The molecule has 0 aliphatic heterocycles. The highest BCUT2D eigenvalue weighted by Gasteiger charge is 2.23. The van der Waals surface area contributed by atoms with E-state index in [0.29, 0.717) is 0 Å². The predicted molar refractivity (Wildman–Crippen MR) is 48.3 cm³/mol. The zero-order valence-electron chi connectivity index (χ0n) is 7.17. The molecule has 1 aromatic carbocycles. The maximum absolute atomic E-state index is 13.0. The topological polar surface area (TPSA) is 12.0 Å². The molecule has 0 saturated heterocycles. The first-order chi connectivity index (χ1) is 6.54. The summed E-state index contributed by atoms with van der Waals surface area (Å²) in [7, 11) is 0. The molecule has 0 amide bonds. The summed E-state index contributed by atoms with van der Waals surface area (Å²) in [6.45, 7) is 1.49. The van der Waals surface area contributed by atoms with E-state index in [2.05, 4.69) is 12.8 Å². The molecule has 0 heterocycles. The Morgan fingerprint density at radius 2 is 1.50 bits per heavy atom. The number of nitrogens with one attached hydrogen (secondary N) is 1. The van der Waals surface area contributed by atoms with Gasteiger partial charge in [-0.05, 0) is 6.42 Å². The first kappa shape index (κ1) is 11.2. The van der Waals surface area contributed by atoms with E-state index in [1.165, 1.54) is 6.92 Å². The molecule has 0 atom stereocenters. The molecule has 14 heavy (non-hydrogen) atoms. The van der Waals surface area contributed by atoms with Gasteiger partial charge in [-0.25, -0.2) is 17.6 Å². The van der Waals surface area contributed by atoms with Crippen LogP contribution in [0.3, 0.4) is 0 Å². The highest BCUT2D eigenvalue weighted by molar-refractivity contribution is 7.81. The molecule has 1 N–H and O–H groups in total. The molecule has 0 aromatic heterocycles. The zero-order valence-corrected chi connectivity index (χ0v) is 8.06. The fourth-order valence-electron chi connectivity index (χ4n) is 1.13. The summed E-state index contributed by atoms with van der Waals surface area (Å²) in [4.78, 5) is 0. The van der Waals surface area contributed by atoms with Gasteiger partial charge in [0, 0.05) is 5.56 Å². The largest absolute Gasteiger partial charge is 0.329 e. The molecular formula is C8H7F4NS. The maximum Gasteiger partial charge on any atom is 0.199 e. The van der Waals surface area contributed by atoms with Gasteiger partial charge in [-0.2, -0.15) is 0 Å². The van der Waals surface area contributed by atoms with Gasteiger partial charge in [0.25, 0.3) is 0 Å². The number of rotatable bonds is 2. The molecule has 0 unspecified atom stereocenters. The summed E-state index contributed by atoms with van der Waals surface area (Å²) in [6, 6.07) is 0. The van der Waals surface area contributed by atoms with E-state index in [1.54, 1.807) is 0 Å². The molecule has 0 radical (unpaired) electrons. The molecule has 1 rings (SSSR count). The van der Waals surface area contributed by atoms with Gasteiger partial charge in [-0.3, -0.25) is 0 Å². The Morgan fingerprint density at radius 1 is 1.00 bits per heavy atom. The molecule has 0 aliphatic carbocycles. The molecule has 1 nitrogen and oxygen atoms in total. The Morgan fingerprint density at radius 3 is 1.93 bits per heavy atom. The van der Waals surface area contributed by atoms with E-state index >= 15 is 0 Å². The summed E-state index contributed by atoms with van der Waals surface area (Å²) < 4.78 is 53.4. The van der Waals surface area contributed by atoms with Crippen LogP contribution in [0.25, 0.3) is 0 Å². The van der Waals surface area contributed by atoms with Crippen LogP contribution in [0.2, 0.25) is 0 Å². The van der Waals surface area contributed by atoms with Crippen molar-refractivity contribution in [3.05, 3.63) is 28.8 Å². The van der Waals surface area contributed by atoms with E-state index in [9.17, 15) is 17.6 Å². The number of anilines is 1. The third-order valence-electron chi connectivity index (χ3n) is 1.83. The lowest BCUT2D eigenvalue weighted by molar-refractivity contribution is 0.407. The quantitative estimate of drug-likeness (QED) is 0.341. The van der Waals surface area contributed by atoms with Gasteiger partial charge < -0.3 is 4.72 Å². The fourth-order valence-corrected chi connectivity index (χ4v) is 1.36. The van der Waals surface area contributed by atoms with Crippen molar-refractivity contribution >= 4 is 18.5 Å². The van der Waals surface area contributed by atoms with E-state index < -0.39 is 29.0 Å². The molecule has 6 heteroatoms. The SMILES string of the molecule is CCc1c(F)c(F)c(F)c(F)c1NS. The van der Waals surface area contributed by atoms with E-state index in [1.807, 2.05) is 4.72 Å². The molecular weight excluding hydrogens is 218 g/mol. The van der Waals surface area contributed by atoms with Crippen LogP contribution in [-0.4, -0.2) is 0 Å². The van der Waals surface area contributed by atoms with Crippen molar-refractivity contribution in [3.8, 4) is 0 Å². The number of hydrogen-bond donors (Lipinski definition) is 2. The van der Waals surface area contributed by atoms with Crippen molar-refractivity contribution in [1.29, 1.82) is 0 Å². The van der Waals surface area contributed by atoms with E-state index in [4.69, 9.17) is 0 Å². The van der Waals surface area contributed by atoms with Crippen LogP contribution in [0, 0.1) is 23.3 Å². The lowest BCUT2D eigenvalue weighted by Gasteiger charge is -2.10. The normalized spacial score (nSPS) is 10.4. The first-order valence-electron chi connectivity index (χ1n) is 3.79. The molecule has 0 aliphatic rings. The minimum atomic E-state index is -1.84. The Balaban J connectivity index is 3.57. The molecule has 0 fully saturated rings. The molecule has 0 spiro atoms. The van der Waals surface area contributed by atoms with Gasteiger partial charge in [0.15, 0.2) is 23.3 Å². The number of benzene rings is 1. The number of halogens is 4. The Labute approximate surface area is 83.7 Å². The lowest BCUT2D eigenvalue weighted by Crippen LogP contribution is -2.05. The molecule has 78 valence electrons. The second kappa shape index (κ2) is 4.08. The Bertz CT molecular complexity index is 332. The summed E-state index contributed by atoms with van der Waals surface area (Å²) in [5.74, 6) is -6.48. The highest BCUT2D eigenvalue weighted by Crippen LogP contribution is 2.29. The van der Waals surface area contributed by atoms with Crippen molar-refractivity contribution in [1.82, 2.24) is 0 Å². The predicted octanol–water partition coefficient (Wildman–Crippen LogP) is 3.06. The van der Waals surface area contributed by atoms with Gasteiger partial charge in [0.1, 0.15) is 0 Å². The van der Waals surface area contributed by atoms with Crippen LogP contribution in [-0.2, 0) is 6.42 Å². The van der Waals surface area contributed by atoms with Crippen molar-refractivity contribution in [2.75, 3.05) is 4.72 Å². The van der Waals surface area contributed by atoms with Crippen LogP contribution in [0.5, 0.6) is 0 Å². The van der Waals surface area contributed by atoms with Crippen LogP contribution < -0.4 is 4.72 Å². The number of hydrogen-bond acceptors (Lipinski definition) is 2. The monoisotopic (exact) mass is 225 g/mol. The summed E-state index contributed by atoms with van der Waals surface area (Å²) in [5, 5.41) is 0.